The molecule has 1 aromatic heterocycles. The summed E-state index contributed by atoms with van der Waals surface area (Å²) in [6, 6.07) is 8.36. The van der Waals surface area contributed by atoms with Gasteiger partial charge >= 0.3 is 12.1 Å². The topological polar surface area (TPSA) is 56.7 Å². The molecule has 5 nitrogen and oxygen atoms in total. The first-order chi connectivity index (χ1) is 16.8. The second-order valence-electron chi connectivity index (χ2n) is 10.3. The fourth-order valence-electron chi connectivity index (χ4n) is 5.72. The average molecular weight is 488 g/mol. The van der Waals surface area contributed by atoms with Gasteiger partial charge in [0.05, 0.1) is 5.56 Å². The van der Waals surface area contributed by atoms with E-state index in [4.69, 9.17) is 4.98 Å². The number of aryl methyl sites for hydroxylation is 3. The molecular formula is C27H32F3N3O2. The van der Waals surface area contributed by atoms with E-state index in [0.29, 0.717) is 30.6 Å². The van der Waals surface area contributed by atoms with Gasteiger partial charge in [-0.25, -0.2) is 0 Å². The second-order valence-corrected chi connectivity index (χ2v) is 10.3. The van der Waals surface area contributed by atoms with Crippen molar-refractivity contribution in [3.63, 3.8) is 0 Å². The molecule has 1 atom stereocenters. The van der Waals surface area contributed by atoms with Crippen LogP contribution in [0.15, 0.2) is 36.4 Å². The van der Waals surface area contributed by atoms with Gasteiger partial charge in [-0.15, -0.1) is 0 Å². The van der Waals surface area contributed by atoms with E-state index < -0.39 is 23.8 Å². The van der Waals surface area contributed by atoms with E-state index >= 15 is 0 Å². The van der Waals surface area contributed by atoms with Crippen LogP contribution in [0.3, 0.4) is 0 Å². The van der Waals surface area contributed by atoms with Gasteiger partial charge in [0, 0.05) is 43.6 Å². The number of aliphatic carboxylic acids is 1. The number of likely N-dealkylation sites (tertiary alicyclic amines) is 2. The molecule has 188 valence electrons. The minimum absolute atomic E-state index is 0.324. The molecule has 35 heavy (non-hydrogen) atoms. The van der Waals surface area contributed by atoms with Crippen molar-refractivity contribution < 1.29 is 23.1 Å². The highest BCUT2D eigenvalue weighted by Crippen LogP contribution is 2.35. The van der Waals surface area contributed by atoms with Crippen molar-refractivity contribution >= 4 is 5.97 Å². The number of hydrogen-bond acceptors (Lipinski definition) is 4. The summed E-state index contributed by atoms with van der Waals surface area (Å²) in [5, 5.41) is 9.70. The Hall–Kier alpha value is -2.45. The molecule has 0 bridgehead atoms. The zero-order chi connectivity index (χ0) is 24.6. The van der Waals surface area contributed by atoms with E-state index in [0.717, 1.165) is 50.9 Å². The van der Waals surface area contributed by atoms with Gasteiger partial charge in [0.1, 0.15) is 6.04 Å². The highest BCUT2D eigenvalue weighted by Gasteiger charge is 2.43. The number of nitrogens with zero attached hydrogens (tertiary/aromatic N) is 3. The molecule has 2 aliphatic heterocycles. The molecule has 8 heteroatoms. The summed E-state index contributed by atoms with van der Waals surface area (Å²) in [5.74, 6) is -0.354. The highest BCUT2D eigenvalue weighted by molar-refractivity contribution is 5.75. The van der Waals surface area contributed by atoms with Crippen LogP contribution < -0.4 is 0 Å². The summed E-state index contributed by atoms with van der Waals surface area (Å²) in [6.45, 7) is 3.33. The summed E-state index contributed by atoms with van der Waals surface area (Å²) in [7, 11) is 0. The van der Waals surface area contributed by atoms with Gasteiger partial charge in [-0.1, -0.05) is 18.2 Å². The second kappa shape index (κ2) is 9.90. The lowest BCUT2D eigenvalue weighted by atomic mass is 9.89. The van der Waals surface area contributed by atoms with Crippen LogP contribution in [-0.4, -0.2) is 58.1 Å². The molecule has 2 saturated heterocycles. The minimum Gasteiger partial charge on any atom is -0.480 e. The van der Waals surface area contributed by atoms with Crippen LogP contribution in [-0.2, 0) is 30.2 Å². The molecule has 0 unspecified atom stereocenters. The van der Waals surface area contributed by atoms with Crippen LogP contribution in [0, 0.1) is 5.92 Å². The monoisotopic (exact) mass is 487 g/mol. The molecule has 1 aromatic carbocycles. The Balaban J connectivity index is 1.05. The Morgan fingerprint density at radius 3 is 2.43 bits per heavy atom. The predicted octanol–water partition coefficient (Wildman–Crippen LogP) is 4.74. The van der Waals surface area contributed by atoms with Gasteiger partial charge in [-0.2, -0.15) is 13.2 Å². The molecular weight excluding hydrogens is 455 g/mol. The summed E-state index contributed by atoms with van der Waals surface area (Å²) in [4.78, 5) is 21.0. The molecule has 0 saturated carbocycles. The summed E-state index contributed by atoms with van der Waals surface area (Å²) >= 11 is 0. The molecule has 0 amide bonds. The number of carboxylic acids is 1. The van der Waals surface area contributed by atoms with Crippen molar-refractivity contribution in [3.8, 4) is 0 Å². The summed E-state index contributed by atoms with van der Waals surface area (Å²) in [5.41, 5.74) is 3.56. The van der Waals surface area contributed by atoms with Gasteiger partial charge in [0.15, 0.2) is 0 Å². The Bertz CT molecular complexity index is 1040. The zero-order valence-corrected chi connectivity index (χ0v) is 19.8. The number of alkyl halides is 3. The van der Waals surface area contributed by atoms with Gasteiger partial charge in [-0.3, -0.25) is 19.6 Å². The van der Waals surface area contributed by atoms with Crippen LogP contribution >= 0.6 is 0 Å². The van der Waals surface area contributed by atoms with Crippen molar-refractivity contribution in [2.45, 2.75) is 63.2 Å². The highest BCUT2D eigenvalue weighted by atomic mass is 19.4. The van der Waals surface area contributed by atoms with E-state index in [1.807, 2.05) is 4.90 Å². The fourth-order valence-corrected chi connectivity index (χ4v) is 5.72. The normalized spacial score (nSPS) is 20.7. The van der Waals surface area contributed by atoms with Crippen LogP contribution in [0.1, 0.15) is 59.8 Å². The molecule has 5 rings (SSSR count). The first-order valence-electron chi connectivity index (χ1n) is 12.6. The number of hydrogen-bond donors (Lipinski definition) is 1. The number of benzene rings is 1. The van der Waals surface area contributed by atoms with Gasteiger partial charge in [0.25, 0.3) is 0 Å². The van der Waals surface area contributed by atoms with Gasteiger partial charge in [-0.05, 0) is 80.2 Å². The third kappa shape index (κ3) is 5.38. The standard InChI is InChI=1S/C27H32F3N3O2/c28-27(29,30)21-11-8-20(9-12-21)25(26(34)35)33-16-23(17-33)32-14-18(15-32)4-3-6-22-13-10-19-5-1-2-7-24(19)31-22/h8-13,18,23,25H,1-7,14-17H2,(H,34,35)/t25-/m1/s1. The molecule has 0 radical (unpaired) electrons. The Morgan fingerprint density at radius 2 is 1.74 bits per heavy atom. The van der Waals surface area contributed by atoms with Crippen LogP contribution in [0.5, 0.6) is 0 Å². The molecule has 1 N–H and O–H groups in total. The number of carboxylic acid groups (broad SMARTS) is 1. The number of rotatable bonds is 8. The van der Waals surface area contributed by atoms with E-state index in [-0.39, 0.29) is 0 Å². The molecule has 1 aliphatic carbocycles. The van der Waals surface area contributed by atoms with Crippen molar-refractivity contribution in [1.29, 1.82) is 0 Å². The third-order valence-corrected chi connectivity index (χ3v) is 7.83. The number of fused-ring (bicyclic) bond motifs is 1. The lowest BCUT2D eigenvalue weighted by Crippen LogP contribution is -2.66. The van der Waals surface area contributed by atoms with Crippen molar-refractivity contribution in [1.82, 2.24) is 14.8 Å². The van der Waals surface area contributed by atoms with E-state index in [9.17, 15) is 23.1 Å². The SMILES string of the molecule is O=C(O)[C@@H](c1ccc(C(F)(F)F)cc1)N1CC(N2CC(CCCc3ccc4c(n3)CCCC4)C2)C1. The Kier molecular flexibility index (Phi) is 6.86. The van der Waals surface area contributed by atoms with Crippen LogP contribution in [0.2, 0.25) is 0 Å². The number of halogens is 3. The quantitative estimate of drug-likeness (QED) is 0.583. The van der Waals surface area contributed by atoms with Crippen molar-refractivity contribution in [2.24, 2.45) is 5.92 Å². The first kappa shape index (κ1) is 24.3. The predicted molar refractivity (Wildman–Crippen MR) is 126 cm³/mol. The minimum atomic E-state index is -4.43. The smallest absolute Gasteiger partial charge is 0.416 e. The first-order valence-corrected chi connectivity index (χ1v) is 12.6. The van der Waals surface area contributed by atoms with Crippen LogP contribution in [0.25, 0.3) is 0 Å². The van der Waals surface area contributed by atoms with E-state index in [1.54, 1.807) is 0 Å². The average Bonchev–Trinajstić information content (AvgIpc) is 2.77. The van der Waals surface area contributed by atoms with Crippen molar-refractivity contribution in [3.05, 3.63) is 64.5 Å². The number of pyridine rings is 1. The maximum Gasteiger partial charge on any atom is 0.416 e. The Morgan fingerprint density at radius 1 is 1.03 bits per heavy atom. The maximum atomic E-state index is 12.8. The van der Waals surface area contributed by atoms with Gasteiger partial charge < -0.3 is 5.11 Å². The Labute approximate surface area is 204 Å². The third-order valence-electron chi connectivity index (χ3n) is 7.83. The van der Waals surface area contributed by atoms with Gasteiger partial charge in [0.2, 0.25) is 0 Å². The zero-order valence-electron chi connectivity index (χ0n) is 19.8. The molecule has 2 aromatic rings. The van der Waals surface area contributed by atoms with Crippen molar-refractivity contribution in [2.75, 3.05) is 26.2 Å². The van der Waals surface area contributed by atoms with E-state index in [2.05, 4.69) is 17.0 Å². The summed E-state index contributed by atoms with van der Waals surface area (Å²) in [6.07, 6.45) is 3.70. The molecule has 2 fully saturated rings. The van der Waals surface area contributed by atoms with Crippen LogP contribution in [0.4, 0.5) is 13.2 Å². The number of aromatic nitrogens is 1. The lowest BCUT2D eigenvalue weighted by Gasteiger charge is -2.53. The number of carbonyl (C=O) groups is 1. The lowest BCUT2D eigenvalue weighted by molar-refractivity contribution is -0.148. The van der Waals surface area contributed by atoms with E-state index in [1.165, 1.54) is 48.3 Å². The summed E-state index contributed by atoms with van der Waals surface area (Å²) < 4.78 is 38.5. The maximum absolute atomic E-state index is 12.8. The molecule has 3 heterocycles. The molecule has 3 aliphatic rings. The fraction of sp³-hybridized carbons (Fsp3) is 0.556. The largest absolute Gasteiger partial charge is 0.480 e. The molecule has 0 spiro atoms.